The van der Waals surface area contributed by atoms with E-state index in [2.05, 4.69) is 97.4 Å². The second-order valence-corrected chi connectivity index (χ2v) is 15.8. The molecular formula is C51H86N2O7. The topological polar surface area (TPSA) is 142 Å². The number of unbranched alkanes of at least 4 members (excludes halogenated alkanes) is 16. The maximum atomic E-state index is 12.8. The number of hydrogen-bond donors (Lipinski definition) is 4. The highest BCUT2D eigenvalue weighted by Gasteiger charge is 2.19. The third-order valence-electron chi connectivity index (χ3n) is 10.2. The van der Waals surface area contributed by atoms with Gasteiger partial charge in [-0.2, -0.15) is 0 Å². The van der Waals surface area contributed by atoms with Gasteiger partial charge in [0.1, 0.15) is 12.1 Å². The maximum absolute atomic E-state index is 12.8. The highest BCUT2D eigenvalue weighted by atomic mass is 16.5. The molecule has 0 bridgehead atoms. The van der Waals surface area contributed by atoms with Crippen molar-refractivity contribution < 1.29 is 34.1 Å². The lowest BCUT2D eigenvalue weighted by Crippen LogP contribution is -2.47. The fourth-order valence-electron chi connectivity index (χ4n) is 6.56. The van der Waals surface area contributed by atoms with Gasteiger partial charge in [0.25, 0.3) is 0 Å². The third-order valence-corrected chi connectivity index (χ3v) is 10.2. The second kappa shape index (κ2) is 44.8. The summed E-state index contributed by atoms with van der Waals surface area (Å²) in [4.78, 5) is 47.7. The summed E-state index contributed by atoms with van der Waals surface area (Å²) >= 11 is 0. The van der Waals surface area contributed by atoms with Crippen LogP contribution >= 0.6 is 0 Å². The quantitative estimate of drug-likeness (QED) is 0.0272. The average Bonchev–Trinajstić information content (AvgIpc) is 3.23. The molecule has 0 radical (unpaired) electrons. The molecule has 0 aliphatic heterocycles. The van der Waals surface area contributed by atoms with E-state index in [1.165, 1.54) is 38.5 Å². The van der Waals surface area contributed by atoms with Gasteiger partial charge in [-0.3, -0.25) is 14.4 Å². The summed E-state index contributed by atoms with van der Waals surface area (Å²) in [5.74, 6) is -2.34. The summed E-state index contributed by atoms with van der Waals surface area (Å²) in [5.41, 5.74) is 0. The number of nitrogens with one attached hydrogen (secondary N) is 2. The fourth-order valence-corrected chi connectivity index (χ4v) is 6.56. The lowest BCUT2D eigenvalue weighted by atomic mass is 10.0. The van der Waals surface area contributed by atoms with Crippen molar-refractivity contribution in [3.63, 3.8) is 0 Å². The molecule has 9 nitrogen and oxygen atoms in total. The number of aliphatic carboxylic acids is 1. The Morgan fingerprint density at radius 3 is 1.45 bits per heavy atom. The summed E-state index contributed by atoms with van der Waals surface area (Å²) in [5, 5.41) is 22.6. The summed E-state index contributed by atoms with van der Waals surface area (Å²) in [6.07, 6.45) is 56.4. The van der Waals surface area contributed by atoms with Crippen molar-refractivity contribution in [1.82, 2.24) is 10.6 Å². The van der Waals surface area contributed by atoms with Crippen molar-refractivity contribution in [1.29, 1.82) is 0 Å². The summed E-state index contributed by atoms with van der Waals surface area (Å²) in [7, 11) is 0. The minimum atomic E-state index is -1.39. The SMILES string of the molecule is CC/C=C\C/C=C\C/C=C\C/C=C\CCCCCCC(=O)OC(CCCCC/C=C\C/C=C\CCCCCCC)CCCCCCCC(=O)NCC(=O)NC(CO)C(=O)O. The van der Waals surface area contributed by atoms with Gasteiger partial charge in [-0.05, 0) is 109 Å². The zero-order valence-corrected chi connectivity index (χ0v) is 37.9. The number of hydrogen-bond acceptors (Lipinski definition) is 6. The number of esters is 1. The summed E-state index contributed by atoms with van der Waals surface area (Å²) < 4.78 is 6.03. The molecular weight excluding hydrogens is 753 g/mol. The molecule has 0 saturated carbocycles. The van der Waals surface area contributed by atoms with Crippen molar-refractivity contribution in [3.8, 4) is 0 Å². The van der Waals surface area contributed by atoms with Gasteiger partial charge in [-0.25, -0.2) is 4.79 Å². The molecule has 0 fully saturated rings. The van der Waals surface area contributed by atoms with Crippen molar-refractivity contribution >= 4 is 23.8 Å². The van der Waals surface area contributed by atoms with Gasteiger partial charge in [0.2, 0.25) is 11.8 Å². The highest BCUT2D eigenvalue weighted by molar-refractivity contribution is 5.87. The van der Waals surface area contributed by atoms with Crippen LogP contribution in [0.5, 0.6) is 0 Å². The van der Waals surface area contributed by atoms with E-state index in [1.54, 1.807) is 0 Å². The zero-order chi connectivity index (χ0) is 44.0. The van der Waals surface area contributed by atoms with Crippen LogP contribution < -0.4 is 10.6 Å². The number of carbonyl (C=O) groups excluding carboxylic acids is 3. The molecule has 2 atom stereocenters. The van der Waals surface area contributed by atoms with E-state index < -0.39 is 24.5 Å². The summed E-state index contributed by atoms with van der Waals surface area (Å²) in [6, 6.07) is -1.39. The number of aliphatic hydroxyl groups excluding tert-OH is 1. The Labute approximate surface area is 365 Å². The second-order valence-electron chi connectivity index (χ2n) is 15.8. The standard InChI is InChI=1S/C51H86N2O7/c1-3-5-7-9-11-13-15-17-19-20-22-24-26-28-30-35-39-43-50(57)60-46(40-36-32-29-27-25-23-21-18-16-14-12-10-8-6-4-2)41-37-33-31-34-38-42-48(55)52-44-49(56)53-47(45-54)51(58)59/h5,7,11,13,16-19,22-25,46-47,54H,3-4,6,8-10,12,14-15,20-21,26-45H2,1-2H3,(H,52,55)(H,53,56)(H,58,59)/b7-5-,13-11-,18-16-,19-17-,24-22-,25-23-. The lowest BCUT2D eigenvalue weighted by molar-refractivity contribution is -0.150. The van der Waals surface area contributed by atoms with Crippen LogP contribution in [0.3, 0.4) is 0 Å². The van der Waals surface area contributed by atoms with Crippen LogP contribution in [-0.4, -0.2) is 59.3 Å². The van der Waals surface area contributed by atoms with E-state index in [0.717, 1.165) is 128 Å². The van der Waals surface area contributed by atoms with Crippen molar-refractivity contribution in [2.75, 3.05) is 13.2 Å². The molecule has 0 saturated heterocycles. The molecule has 0 aromatic heterocycles. The number of ether oxygens (including phenoxy) is 1. The first-order valence-electron chi connectivity index (χ1n) is 23.8. The lowest BCUT2D eigenvalue weighted by Gasteiger charge is -2.18. The van der Waals surface area contributed by atoms with Gasteiger partial charge >= 0.3 is 11.9 Å². The molecule has 2 amide bonds. The molecule has 342 valence electrons. The van der Waals surface area contributed by atoms with Crippen LogP contribution in [0.15, 0.2) is 72.9 Å². The predicted octanol–water partition coefficient (Wildman–Crippen LogP) is 12.3. The Bertz CT molecular complexity index is 1240. The zero-order valence-electron chi connectivity index (χ0n) is 37.9. The van der Waals surface area contributed by atoms with E-state index in [9.17, 15) is 19.2 Å². The number of rotatable bonds is 42. The van der Waals surface area contributed by atoms with E-state index >= 15 is 0 Å². The Morgan fingerprint density at radius 1 is 0.517 bits per heavy atom. The molecule has 60 heavy (non-hydrogen) atoms. The molecule has 0 aliphatic rings. The monoisotopic (exact) mass is 839 g/mol. The Balaban J connectivity index is 4.44. The molecule has 2 unspecified atom stereocenters. The largest absolute Gasteiger partial charge is 0.480 e. The van der Waals surface area contributed by atoms with Crippen LogP contribution in [0.4, 0.5) is 0 Å². The van der Waals surface area contributed by atoms with Crippen molar-refractivity contribution in [3.05, 3.63) is 72.9 Å². The van der Waals surface area contributed by atoms with Gasteiger partial charge in [-0.1, -0.05) is 151 Å². The van der Waals surface area contributed by atoms with Crippen molar-refractivity contribution in [2.24, 2.45) is 0 Å². The van der Waals surface area contributed by atoms with Crippen LogP contribution in [-0.2, 0) is 23.9 Å². The number of amides is 2. The minimum Gasteiger partial charge on any atom is -0.480 e. The molecule has 4 N–H and O–H groups in total. The number of carbonyl (C=O) groups is 4. The minimum absolute atomic E-state index is 0.0539. The maximum Gasteiger partial charge on any atom is 0.328 e. The molecule has 0 rings (SSSR count). The van der Waals surface area contributed by atoms with Crippen LogP contribution in [0.2, 0.25) is 0 Å². The van der Waals surface area contributed by atoms with Crippen LogP contribution in [0.1, 0.15) is 200 Å². The fraction of sp³-hybridized carbons (Fsp3) is 0.686. The number of aliphatic hydroxyl groups is 1. The van der Waals surface area contributed by atoms with E-state index in [1.807, 2.05) is 0 Å². The predicted molar refractivity (Wildman–Crippen MR) is 250 cm³/mol. The molecule has 0 aliphatic carbocycles. The van der Waals surface area contributed by atoms with Crippen molar-refractivity contribution in [2.45, 2.75) is 212 Å². The molecule has 0 aromatic rings. The Morgan fingerprint density at radius 2 is 0.950 bits per heavy atom. The first-order chi connectivity index (χ1) is 29.3. The van der Waals surface area contributed by atoms with Gasteiger partial charge < -0.3 is 25.6 Å². The first-order valence-corrected chi connectivity index (χ1v) is 23.8. The highest BCUT2D eigenvalue weighted by Crippen LogP contribution is 2.18. The van der Waals surface area contributed by atoms with Gasteiger partial charge in [-0.15, -0.1) is 0 Å². The summed E-state index contributed by atoms with van der Waals surface area (Å²) in [6.45, 7) is 3.35. The molecule has 9 heteroatoms. The number of carboxylic acids is 1. The van der Waals surface area contributed by atoms with Crippen LogP contribution in [0, 0.1) is 0 Å². The third kappa shape index (κ3) is 41.0. The van der Waals surface area contributed by atoms with E-state index in [-0.39, 0.29) is 30.9 Å². The first kappa shape index (κ1) is 56.3. The van der Waals surface area contributed by atoms with E-state index in [0.29, 0.717) is 12.8 Å². The smallest absolute Gasteiger partial charge is 0.328 e. The normalized spacial score (nSPS) is 13.1. The molecule has 0 spiro atoms. The molecule has 0 aromatic carbocycles. The van der Waals surface area contributed by atoms with Gasteiger partial charge in [0.15, 0.2) is 0 Å². The molecule has 0 heterocycles. The van der Waals surface area contributed by atoms with Gasteiger partial charge in [0.05, 0.1) is 13.2 Å². The van der Waals surface area contributed by atoms with Gasteiger partial charge in [0, 0.05) is 12.8 Å². The average molecular weight is 839 g/mol. The van der Waals surface area contributed by atoms with Crippen LogP contribution in [0.25, 0.3) is 0 Å². The Kier molecular flexibility index (Phi) is 42.0. The number of allylic oxidation sites excluding steroid dienone is 12. The Hall–Kier alpha value is -3.72. The van der Waals surface area contributed by atoms with E-state index in [4.69, 9.17) is 14.9 Å². The number of carboxylic acid groups (broad SMARTS) is 1.